The van der Waals surface area contributed by atoms with Crippen LogP contribution in [0.2, 0.25) is 0 Å². The van der Waals surface area contributed by atoms with Gasteiger partial charge < -0.3 is 0 Å². The molecule has 2 heteroatoms. The Kier molecular flexibility index (Phi) is 4.05. The monoisotopic (exact) mass is 278 g/mol. The highest BCUT2D eigenvalue weighted by molar-refractivity contribution is 5.87. The second kappa shape index (κ2) is 6.13. The van der Waals surface area contributed by atoms with Gasteiger partial charge in [0.25, 0.3) is 0 Å². The van der Waals surface area contributed by atoms with Gasteiger partial charge in [0.2, 0.25) is 0 Å². The molecule has 0 fully saturated rings. The number of para-hydroxylation sites is 1. The van der Waals surface area contributed by atoms with Gasteiger partial charge in [-0.05, 0) is 36.6 Å². The minimum Gasteiger partial charge on any atom is -0.298 e. The molecule has 0 spiro atoms. The molecule has 0 unspecified atom stereocenters. The van der Waals surface area contributed by atoms with Gasteiger partial charge in [-0.1, -0.05) is 51.0 Å². The summed E-state index contributed by atoms with van der Waals surface area (Å²) in [5.74, 6) is 1.03. The van der Waals surface area contributed by atoms with Crippen molar-refractivity contribution in [3.8, 4) is 5.82 Å². The van der Waals surface area contributed by atoms with Crippen LogP contribution in [0.3, 0.4) is 0 Å². The number of aryl methyl sites for hydroxylation is 1. The quantitative estimate of drug-likeness (QED) is 0.647. The van der Waals surface area contributed by atoms with Gasteiger partial charge in [0.1, 0.15) is 5.82 Å². The van der Waals surface area contributed by atoms with E-state index in [9.17, 15) is 0 Å². The highest BCUT2D eigenvalue weighted by Gasteiger charge is 2.17. The number of rotatable bonds is 5. The summed E-state index contributed by atoms with van der Waals surface area (Å²) < 4.78 is 2.35. The molecule has 0 aliphatic rings. The molecular formula is C19H22N2. The average Bonchev–Trinajstić information content (AvgIpc) is 2.83. The zero-order valence-electron chi connectivity index (χ0n) is 12.8. The Morgan fingerprint density at radius 1 is 0.905 bits per heavy atom. The molecule has 0 radical (unpaired) electrons. The molecule has 0 atom stereocenters. The lowest BCUT2D eigenvalue weighted by Gasteiger charge is -2.10. The zero-order chi connectivity index (χ0) is 14.7. The van der Waals surface area contributed by atoms with E-state index >= 15 is 0 Å². The lowest BCUT2D eigenvalue weighted by atomic mass is 10.0. The van der Waals surface area contributed by atoms with Crippen molar-refractivity contribution >= 4 is 10.9 Å². The predicted molar refractivity (Wildman–Crippen MR) is 89.1 cm³/mol. The summed E-state index contributed by atoms with van der Waals surface area (Å²) in [5, 5.41) is 1.38. The standard InChI is InChI=1S/C19H22N2/c1-3-9-15-16-11-5-6-12-18(16)21(17(15)10-4-2)19-13-7-8-14-20-19/h5-8,11-14H,3-4,9-10H2,1-2H3. The topological polar surface area (TPSA) is 17.8 Å². The summed E-state index contributed by atoms with van der Waals surface area (Å²) in [4.78, 5) is 4.58. The van der Waals surface area contributed by atoms with Gasteiger partial charge in [0, 0.05) is 17.3 Å². The molecule has 3 aromatic rings. The molecule has 0 saturated heterocycles. The van der Waals surface area contributed by atoms with Crippen molar-refractivity contribution in [2.75, 3.05) is 0 Å². The smallest absolute Gasteiger partial charge is 0.137 e. The second-order valence-electron chi connectivity index (χ2n) is 5.47. The minimum absolute atomic E-state index is 1.03. The van der Waals surface area contributed by atoms with E-state index in [-0.39, 0.29) is 0 Å². The van der Waals surface area contributed by atoms with Gasteiger partial charge in [-0.3, -0.25) is 4.57 Å². The summed E-state index contributed by atoms with van der Waals surface area (Å²) in [7, 11) is 0. The van der Waals surface area contributed by atoms with Crippen LogP contribution in [0.1, 0.15) is 37.9 Å². The van der Waals surface area contributed by atoms with E-state index in [0.717, 1.165) is 25.1 Å². The maximum atomic E-state index is 4.58. The number of pyridine rings is 1. The molecule has 21 heavy (non-hydrogen) atoms. The third kappa shape index (κ3) is 2.46. The summed E-state index contributed by atoms with van der Waals surface area (Å²) in [6, 6.07) is 14.9. The van der Waals surface area contributed by atoms with Crippen molar-refractivity contribution in [3.05, 3.63) is 59.9 Å². The van der Waals surface area contributed by atoms with Crippen molar-refractivity contribution in [1.82, 2.24) is 9.55 Å². The van der Waals surface area contributed by atoms with E-state index in [1.54, 1.807) is 0 Å². The first-order valence-corrected chi connectivity index (χ1v) is 7.89. The fourth-order valence-electron chi connectivity index (χ4n) is 3.14. The van der Waals surface area contributed by atoms with Crippen LogP contribution in [-0.4, -0.2) is 9.55 Å². The first kappa shape index (κ1) is 13.9. The number of aromatic nitrogens is 2. The van der Waals surface area contributed by atoms with Crippen LogP contribution in [0, 0.1) is 0 Å². The summed E-state index contributed by atoms with van der Waals surface area (Å²) in [6.45, 7) is 4.50. The van der Waals surface area contributed by atoms with Crippen LogP contribution in [0.4, 0.5) is 0 Å². The molecule has 0 bridgehead atoms. The van der Waals surface area contributed by atoms with Gasteiger partial charge in [0.05, 0.1) is 5.52 Å². The third-order valence-electron chi connectivity index (χ3n) is 3.95. The normalized spacial score (nSPS) is 11.1. The van der Waals surface area contributed by atoms with Crippen molar-refractivity contribution in [2.45, 2.75) is 39.5 Å². The van der Waals surface area contributed by atoms with Crippen LogP contribution in [-0.2, 0) is 12.8 Å². The van der Waals surface area contributed by atoms with Crippen LogP contribution >= 0.6 is 0 Å². The number of hydrogen-bond donors (Lipinski definition) is 0. The lowest BCUT2D eigenvalue weighted by molar-refractivity contribution is 0.809. The van der Waals surface area contributed by atoms with Crippen molar-refractivity contribution in [1.29, 1.82) is 0 Å². The second-order valence-corrected chi connectivity index (χ2v) is 5.47. The van der Waals surface area contributed by atoms with Crippen molar-refractivity contribution in [2.24, 2.45) is 0 Å². The van der Waals surface area contributed by atoms with Gasteiger partial charge in [-0.2, -0.15) is 0 Å². The summed E-state index contributed by atoms with van der Waals surface area (Å²) in [6.07, 6.45) is 6.43. The van der Waals surface area contributed by atoms with Gasteiger partial charge >= 0.3 is 0 Å². The van der Waals surface area contributed by atoms with E-state index < -0.39 is 0 Å². The van der Waals surface area contributed by atoms with Crippen LogP contribution in [0.25, 0.3) is 16.7 Å². The SMILES string of the molecule is CCCc1c(CCC)n(-c2ccccn2)c2ccccc12. The minimum atomic E-state index is 1.03. The fourth-order valence-corrected chi connectivity index (χ4v) is 3.14. The highest BCUT2D eigenvalue weighted by Crippen LogP contribution is 2.30. The highest BCUT2D eigenvalue weighted by atomic mass is 15.1. The van der Waals surface area contributed by atoms with E-state index in [0.29, 0.717) is 0 Å². The Labute approximate surface area is 126 Å². The van der Waals surface area contributed by atoms with Gasteiger partial charge in [-0.25, -0.2) is 4.98 Å². The van der Waals surface area contributed by atoms with E-state index in [1.807, 2.05) is 12.3 Å². The summed E-state index contributed by atoms with van der Waals surface area (Å²) >= 11 is 0. The molecule has 0 saturated carbocycles. The first-order valence-electron chi connectivity index (χ1n) is 7.89. The number of fused-ring (bicyclic) bond motifs is 1. The molecule has 2 aromatic heterocycles. The Bertz CT molecular complexity index is 726. The lowest BCUT2D eigenvalue weighted by Crippen LogP contribution is -2.03. The molecule has 2 nitrogen and oxygen atoms in total. The van der Waals surface area contributed by atoms with Gasteiger partial charge in [0.15, 0.2) is 0 Å². The molecule has 108 valence electrons. The van der Waals surface area contributed by atoms with E-state index in [4.69, 9.17) is 0 Å². The predicted octanol–water partition coefficient (Wildman–Crippen LogP) is 4.93. The maximum Gasteiger partial charge on any atom is 0.137 e. The average molecular weight is 278 g/mol. The Morgan fingerprint density at radius 3 is 2.38 bits per heavy atom. The number of nitrogens with zero attached hydrogens (tertiary/aromatic N) is 2. The maximum absolute atomic E-state index is 4.58. The van der Waals surface area contributed by atoms with E-state index in [1.165, 1.54) is 28.6 Å². The molecule has 0 N–H and O–H groups in total. The third-order valence-corrected chi connectivity index (χ3v) is 3.95. The number of benzene rings is 1. The Hall–Kier alpha value is -2.09. The number of hydrogen-bond acceptors (Lipinski definition) is 1. The Balaban J connectivity index is 2.33. The zero-order valence-corrected chi connectivity index (χ0v) is 12.8. The molecular weight excluding hydrogens is 256 g/mol. The largest absolute Gasteiger partial charge is 0.298 e. The van der Waals surface area contributed by atoms with Crippen LogP contribution in [0.5, 0.6) is 0 Å². The fraction of sp³-hybridized carbons (Fsp3) is 0.316. The van der Waals surface area contributed by atoms with Crippen molar-refractivity contribution in [3.63, 3.8) is 0 Å². The molecule has 0 amide bonds. The molecule has 3 rings (SSSR count). The molecule has 0 aliphatic carbocycles. The van der Waals surface area contributed by atoms with Crippen LogP contribution in [0.15, 0.2) is 48.7 Å². The Morgan fingerprint density at radius 2 is 1.67 bits per heavy atom. The molecule has 1 aromatic carbocycles. The summed E-state index contributed by atoms with van der Waals surface area (Å²) in [5.41, 5.74) is 4.21. The molecule has 0 aliphatic heterocycles. The van der Waals surface area contributed by atoms with Crippen molar-refractivity contribution < 1.29 is 0 Å². The van der Waals surface area contributed by atoms with E-state index in [2.05, 4.69) is 59.8 Å². The molecule has 2 heterocycles. The van der Waals surface area contributed by atoms with Gasteiger partial charge in [-0.15, -0.1) is 0 Å². The first-order chi connectivity index (χ1) is 10.4. The van der Waals surface area contributed by atoms with Crippen LogP contribution < -0.4 is 0 Å².